The smallest absolute Gasteiger partial charge is 0.155 e. The number of aliphatic hydroxyl groups excluding tert-OH is 1. The summed E-state index contributed by atoms with van der Waals surface area (Å²) in [6.45, 7) is 4.65. The van der Waals surface area contributed by atoms with Gasteiger partial charge in [-0.3, -0.25) is 4.79 Å². The second-order valence-corrected chi connectivity index (χ2v) is 8.18. The summed E-state index contributed by atoms with van der Waals surface area (Å²) in [7, 11) is 0. The number of ketones is 1. The van der Waals surface area contributed by atoms with Crippen LogP contribution >= 0.6 is 0 Å². The summed E-state index contributed by atoms with van der Waals surface area (Å²) in [6, 6.07) is 0. The maximum absolute atomic E-state index is 11.8. The third-order valence-electron chi connectivity index (χ3n) is 7.28. The molecular weight excluding hydrogens is 260 g/mol. The third-order valence-corrected chi connectivity index (χ3v) is 7.28. The normalized spacial score (nSPS) is 48.9. The molecule has 21 heavy (non-hydrogen) atoms. The summed E-state index contributed by atoms with van der Waals surface area (Å²) >= 11 is 0. The first-order valence-corrected chi connectivity index (χ1v) is 8.57. The third kappa shape index (κ3) is 1.72. The molecule has 0 aromatic carbocycles. The van der Waals surface area contributed by atoms with Crippen molar-refractivity contribution in [2.24, 2.45) is 22.7 Å². The van der Waals surface area contributed by atoms with Gasteiger partial charge in [0.25, 0.3) is 0 Å². The summed E-state index contributed by atoms with van der Waals surface area (Å²) in [4.78, 5) is 11.8. The van der Waals surface area contributed by atoms with Gasteiger partial charge < -0.3 is 5.11 Å². The predicted octanol–water partition coefficient (Wildman–Crippen LogP) is 3.80. The predicted molar refractivity (Wildman–Crippen MR) is 82.7 cm³/mol. The van der Waals surface area contributed by atoms with Crippen molar-refractivity contribution >= 4 is 5.78 Å². The lowest BCUT2D eigenvalue weighted by atomic mass is 9.52. The van der Waals surface area contributed by atoms with Crippen molar-refractivity contribution in [3.8, 4) is 0 Å². The Morgan fingerprint density at radius 1 is 1.19 bits per heavy atom. The Balaban J connectivity index is 1.76. The summed E-state index contributed by atoms with van der Waals surface area (Å²) in [6.07, 6.45) is 11.4. The molecular formula is C19H26O2. The van der Waals surface area contributed by atoms with Gasteiger partial charge in [0.1, 0.15) is 0 Å². The number of carbonyl (C=O) groups is 1. The molecule has 2 nitrogen and oxygen atoms in total. The zero-order chi connectivity index (χ0) is 14.8. The van der Waals surface area contributed by atoms with E-state index in [9.17, 15) is 9.90 Å². The van der Waals surface area contributed by atoms with Gasteiger partial charge in [0.2, 0.25) is 0 Å². The Morgan fingerprint density at radius 3 is 2.81 bits per heavy atom. The highest BCUT2D eigenvalue weighted by Crippen LogP contribution is 2.62. The number of allylic oxidation sites excluding steroid dienone is 4. The van der Waals surface area contributed by atoms with Gasteiger partial charge >= 0.3 is 0 Å². The lowest BCUT2D eigenvalue weighted by Crippen LogP contribution is -2.45. The quantitative estimate of drug-likeness (QED) is 0.688. The molecule has 0 bridgehead atoms. The van der Waals surface area contributed by atoms with Gasteiger partial charge in [-0.05, 0) is 56.4 Å². The van der Waals surface area contributed by atoms with Crippen LogP contribution in [0.4, 0.5) is 0 Å². The van der Waals surface area contributed by atoms with E-state index >= 15 is 0 Å². The van der Waals surface area contributed by atoms with Crippen molar-refractivity contribution in [1.82, 2.24) is 0 Å². The largest absolute Gasteiger partial charge is 0.393 e. The number of hydrogen-bond acceptors (Lipinski definition) is 2. The van der Waals surface area contributed by atoms with Crippen LogP contribution in [0, 0.1) is 22.7 Å². The van der Waals surface area contributed by atoms with Crippen LogP contribution in [0.1, 0.15) is 58.8 Å². The van der Waals surface area contributed by atoms with Gasteiger partial charge in [0, 0.05) is 17.3 Å². The first kappa shape index (κ1) is 13.8. The average molecular weight is 286 g/mol. The number of rotatable bonds is 0. The highest BCUT2D eigenvalue weighted by Gasteiger charge is 2.55. The van der Waals surface area contributed by atoms with E-state index in [1.165, 1.54) is 18.4 Å². The highest BCUT2D eigenvalue weighted by molar-refractivity contribution is 5.92. The van der Waals surface area contributed by atoms with Gasteiger partial charge in [-0.2, -0.15) is 0 Å². The van der Waals surface area contributed by atoms with Crippen molar-refractivity contribution in [3.05, 3.63) is 23.3 Å². The zero-order valence-electron chi connectivity index (χ0n) is 13.2. The van der Waals surface area contributed by atoms with Crippen LogP contribution in [0.2, 0.25) is 0 Å². The summed E-state index contributed by atoms with van der Waals surface area (Å²) in [5, 5.41) is 10.4. The molecule has 0 aromatic heterocycles. The van der Waals surface area contributed by atoms with Crippen LogP contribution in [0.15, 0.2) is 23.3 Å². The molecule has 0 amide bonds. The van der Waals surface area contributed by atoms with Crippen LogP contribution in [-0.4, -0.2) is 17.0 Å². The molecule has 0 unspecified atom stereocenters. The molecule has 0 radical (unpaired) electrons. The summed E-state index contributed by atoms with van der Waals surface area (Å²) < 4.78 is 0. The lowest BCUT2D eigenvalue weighted by Gasteiger charge is -2.53. The fraction of sp³-hybridized carbons (Fsp3) is 0.737. The van der Waals surface area contributed by atoms with E-state index in [0.29, 0.717) is 24.0 Å². The van der Waals surface area contributed by atoms with E-state index < -0.39 is 0 Å². The maximum atomic E-state index is 11.8. The fourth-order valence-electron chi connectivity index (χ4n) is 5.83. The number of aliphatic hydroxyl groups is 1. The zero-order valence-corrected chi connectivity index (χ0v) is 13.2. The minimum atomic E-state index is -0.127. The molecule has 4 rings (SSSR count). The van der Waals surface area contributed by atoms with E-state index in [4.69, 9.17) is 0 Å². The summed E-state index contributed by atoms with van der Waals surface area (Å²) in [5.74, 6) is 1.60. The molecule has 0 aliphatic heterocycles. The van der Waals surface area contributed by atoms with E-state index in [2.05, 4.69) is 19.9 Å². The van der Waals surface area contributed by atoms with E-state index in [-0.39, 0.29) is 16.9 Å². The van der Waals surface area contributed by atoms with Crippen molar-refractivity contribution in [2.75, 3.05) is 0 Å². The molecule has 5 atom stereocenters. The number of carbonyl (C=O) groups excluding carboxylic acids is 1. The Kier molecular flexibility index (Phi) is 2.83. The van der Waals surface area contributed by atoms with Crippen LogP contribution < -0.4 is 0 Å². The number of fused-ring (bicyclic) bond motifs is 5. The molecule has 4 aliphatic rings. The van der Waals surface area contributed by atoms with Gasteiger partial charge in [-0.25, -0.2) is 0 Å². The molecule has 0 saturated heterocycles. The first-order valence-electron chi connectivity index (χ1n) is 8.57. The highest BCUT2D eigenvalue weighted by atomic mass is 16.3. The topological polar surface area (TPSA) is 37.3 Å². The summed E-state index contributed by atoms with van der Waals surface area (Å²) in [5.41, 5.74) is 3.20. The van der Waals surface area contributed by atoms with E-state index in [1.54, 1.807) is 5.57 Å². The Labute approximate surface area is 127 Å². The molecule has 4 aliphatic carbocycles. The SMILES string of the molecule is C[C@]12CCC(=O)C=C1CC[C@@H]1C2=CC[C@]2(C)[C@@H](O)CC[C@@H]12. The minimum Gasteiger partial charge on any atom is -0.393 e. The monoisotopic (exact) mass is 286 g/mol. The maximum Gasteiger partial charge on any atom is 0.155 e. The van der Waals surface area contributed by atoms with Crippen molar-refractivity contribution in [2.45, 2.75) is 64.9 Å². The average Bonchev–Trinajstić information content (AvgIpc) is 2.76. The van der Waals surface area contributed by atoms with Crippen LogP contribution in [0.25, 0.3) is 0 Å². The second-order valence-electron chi connectivity index (χ2n) is 8.18. The van der Waals surface area contributed by atoms with Crippen LogP contribution in [0.3, 0.4) is 0 Å². The molecule has 0 aromatic rings. The van der Waals surface area contributed by atoms with E-state index in [0.717, 1.165) is 25.7 Å². The molecule has 2 saturated carbocycles. The molecule has 114 valence electrons. The fourth-order valence-corrected chi connectivity index (χ4v) is 5.83. The Bertz CT molecular complexity index is 558. The van der Waals surface area contributed by atoms with E-state index in [1.807, 2.05) is 6.08 Å². The molecule has 0 heterocycles. The standard InChI is InChI=1S/C19H26O2/c1-18-9-7-13(20)11-12(18)3-4-14-15-5-6-17(21)19(15,2)10-8-16(14)18/h8,11,14-15,17,21H,3-7,9-10H2,1-2H3/t14-,15-,17-,18-,19-/m0/s1. The Morgan fingerprint density at radius 2 is 2.00 bits per heavy atom. The lowest BCUT2D eigenvalue weighted by molar-refractivity contribution is -0.115. The van der Waals surface area contributed by atoms with Gasteiger partial charge in [0.15, 0.2) is 5.78 Å². The molecule has 1 N–H and O–H groups in total. The second kappa shape index (κ2) is 4.32. The first-order chi connectivity index (χ1) is 9.95. The number of hydrogen-bond donors (Lipinski definition) is 1. The minimum absolute atomic E-state index is 0.0935. The van der Waals surface area contributed by atoms with Crippen LogP contribution in [0.5, 0.6) is 0 Å². The van der Waals surface area contributed by atoms with Gasteiger partial charge in [-0.1, -0.05) is 31.1 Å². The van der Waals surface area contributed by atoms with Gasteiger partial charge in [-0.15, -0.1) is 0 Å². The van der Waals surface area contributed by atoms with Crippen LogP contribution in [-0.2, 0) is 4.79 Å². The van der Waals surface area contributed by atoms with Crippen molar-refractivity contribution in [3.63, 3.8) is 0 Å². The van der Waals surface area contributed by atoms with Crippen molar-refractivity contribution < 1.29 is 9.90 Å². The van der Waals surface area contributed by atoms with Gasteiger partial charge in [0.05, 0.1) is 6.10 Å². The molecule has 2 heteroatoms. The molecule has 2 fully saturated rings. The molecule has 0 spiro atoms. The Hall–Kier alpha value is -0.890. The van der Waals surface area contributed by atoms with Crippen molar-refractivity contribution in [1.29, 1.82) is 0 Å².